The lowest BCUT2D eigenvalue weighted by Crippen LogP contribution is -2.31. The van der Waals surface area contributed by atoms with Crippen LogP contribution in [0.1, 0.15) is 0 Å². The third-order valence-electron chi connectivity index (χ3n) is 0.938. The lowest BCUT2D eigenvalue weighted by molar-refractivity contribution is 0.574. The first-order chi connectivity index (χ1) is 5.17. The number of aromatic nitrogens is 2. The molecule has 7 heteroatoms. The summed E-state index contributed by atoms with van der Waals surface area (Å²) in [5.74, 6) is 4.72. The van der Waals surface area contributed by atoms with E-state index >= 15 is 0 Å². The van der Waals surface area contributed by atoms with E-state index < -0.39 is 10.0 Å². The number of rotatable bonds is 2. The van der Waals surface area contributed by atoms with Crippen molar-refractivity contribution in [3.63, 3.8) is 0 Å². The highest BCUT2D eigenvalue weighted by Gasteiger charge is 2.13. The highest BCUT2D eigenvalue weighted by atomic mass is 32.2. The highest BCUT2D eigenvalue weighted by molar-refractivity contribution is 7.89. The molecular formula is C4H6N4O2S. The van der Waals surface area contributed by atoms with Crippen molar-refractivity contribution >= 4 is 10.0 Å². The second-order valence-corrected chi connectivity index (χ2v) is 3.26. The molecule has 0 radical (unpaired) electrons. The van der Waals surface area contributed by atoms with Crippen LogP contribution < -0.4 is 10.7 Å². The van der Waals surface area contributed by atoms with Crippen molar-refractivity contribution < 1.29 is 8.42 Å². The zero-order chi connectivity index (χ0) is 8.32. The number of nitrogens with one attached hydrogen (secondary N) is 1. The average Bonchev–Trinajstić information content (AvgIpc) is 2.06. The summed E-state index contributed by atoms with van der Waals surface area (Å²) >= 11 is 0. The van der Waals surface area contributed by atoms with Crippen LogP contribution in [0.5, 0.6) is 0 Å². The summed E-state index contributed by atoms with van der Waals surface area (Å²) in [6.45, 7) is 0. The smallest absolute Gasteiger partial charge is 0.257 e. The van der Waals surface area contributed by atoms with Crippen LogP contribution in [0.25, 0.3) is 0 Å². The molecule has 1 heterocycles. The molecule has 0 fully saturated rings. The third kappa shape index (κ3) is 1.70. The van der Waals surface area contributed by atoms with Crippen molar-refractivity contribution in [2.75, 3.05) is 0 Å². The fourth-order valence-corrected chi connectivity index (χ4v) is 0.982. The van der Waals surface area contributed by atoms with Gasteiger partial charge >= 0.3 is 0 Å². The fraction of sp³-hybridized carbons (Fsp3) is 0. The summed E-state index contributed by atoms with van der Waals surface area (Å²) in [5, 5.41) is -0.331. The second-order valence-electron chi connectivity index (χ2n) is 1.65. The van der Waals surface area contributed by atoms with Gasteiger partial charge in [0.15, 0.2) is 0 Å². The summed E-state index contributed by atoms with van der Waals surface area (Å²) in [7, 11) is -3.69. The molecule has 0 aliphatic rings. The van der Waals surface area contributed by atoms with Gasteiger partial charge in [-0.05, 0) is 6.07 Å². The predicted octanol–water partition coefficient (Wildman–Crippen LogP) is -1.37. The summed E-state index contributed by atoms with van der Waals surface area (Å²) in [4.78, 5) is 8.56. The van der Waals surface area contributed by atoms with E-state index in [1.807, 2.05) is 0 Å². The van der Waals surface area contributed by atoms with Crippen LogP contribution in [0.3, 0.4) is 0 Å². The molecule has 1 aromatic rings. The zero-order valence-electron chi connectivity index (χ0n) is 5.43. The van der Waals surface area contributed by atoms with Gasteiger partial charge < -0.3 is 0 Å². The van der Waals surface area contributed by atoms with E-state index in [4.69, 9.17) is 5.84 Å². The van der Waals surface area contributed by atoms with Crippen LogP contribution >= 0.6 is 0 Å². The van der Waals surface area contributed by atoms with Crippen molar-refractivity contribution in [1.82, 2.24) is 14.8 Å². The Hall–Kier alpha value is -1.05. The topological polar surface area (TPSA) is 98.0 Å². The van der Waals surface area contributed by atoms with Gasteiger partial charge in [0.1, 0.15) is 0 Å². The van der Waals surface area contributed by atoms with E-state index in [1.165, 1.54) is 18.5 Å². The van der Waals surface area contributed by atoms with Gasteiger partial charge in [0.2, 0.25) is 0 Å². The third-order valence-corrected chi connectivity index (χ3v) is 1.94. The van der Waals surface area contributed by atoms with Crippen molar-refractivity contribution in [3.8, 4) is 0 Å². The predicted molar refractivity (Wildman–Crippen MR) is 36.5 cm³/mol. The van der Waals surface area contributed by atoms with Crippen molar-refractivity contribution in [2.45, 2.75) is 5.16 Å². The van der Waals surface area contributed by atoms with Gasteiger partial charge in [-0.1, -0.05) is 0 Å². The van der Waals surface area contributed by atoms with Gasteiger partial charge in [0.25, 0.3) is 15.2 Å². The Morgan fingerprint density at radius 3 is 2.36 bits per heavy atom. The van der Waals surface area contributed by atoms with Crippen LogP contribution in [0.2, 0.25) is 0 Å². The normalized spacial score (nSPS) is 11.4. The summed E-state index contributed by atoms with van der Waals surface area (Å²) in [6.07, 6.45) is 2.63. The standard InChI is InChI=1S/C4H6N4O2S/c5-8-11(9,10)4-6-2-1-3-7-4/h1-3,8H,5H2. The van der Waals surface area contributed by atoms with Gasteiger partial charge in [-0.15, -0.1) is 4.83 Å². The quantitative estimate of drug-likeness (QED) is 0.327. The number of nitrogens with zero attached hydrogens (tertiary/aromatic N) is 2. The van der Waals surface area contributed by atoms with Gasteiger partial charge in [0, 0.05) is 12.4 Å². The maximum atomic E-state index is 10.8. The number of sulfonamides is 1. The van der Waals surface area contributed by atoms with Crippen LogP contribution in [0, 0.1) is 0 Å². The number of hydrogen-bond acceptors (Lipinski definition) is 5. The molecule has 0 aromatic carbocycles. The molecule has 0 bridgehead atoms. The molecule has 0 saturated carbocycles. The lowest BCUT2D eigenvalue weighted by Gasteiger charge is -1.96. The largest absolute Gasteiger partial charge is 0.288 e. The Labute approximate surface area is 63.5 Å². The number of hydrogen-bond donors (Lipinski definition) is 2. The molecule has 1 aromatic heterocycles. The summed E-state index contributed by atoms with van der Waals surface area (Å²) in [6, 6.07) is 1.51. The monoisotopic (exact) mass is 174 g/mol. The van der Waals surface area contributed by atoms with Crippen molar-refractivity contribution in [3.05, 3.63) is 18.5 Å². The average molecular weight is 174 g/mol. The van der Waals surface area contributed by atoms with Gasteiger partial charge in [-0.25, -0.2) is 18.4 Å². The molecule has 11 heavy (non-hydrogen) atoms. The van der Waals surface area contributed by atoms with Crippen LogP contribution in [-0.2, 0) is 10.0 Å². The van der Waals surface area contributed by atoms with Crippen molar-refractivity contribution in [1.29, 1.82) is 0 Å². The summed E-state index contributed by atoms with van der Waals surface area (Å²) in [5.41, 5.74) is 0. The Morgan fingerprint density at radius 1 is 1.36 bits per heavy atom. The van der Waals surface area contributed by atoms with E-state index in [0.29, 0.717) is 0 Å². The summed E-state index contributed by atoms with van der Waals surface area (Å²) < 4.78 is 21.7. The maximum absolute atomic E-state index is 10.8. The minimum Gasteiger partial charge on any atom is -0.257 e. The van der Waals surface area contributed by atoms with E-state index in [1.54, 1.807) is 4.83 Å². The van der Waals surface area contributed by atoms with E-state index in [-0.39, 0.29) is 5.16 Å². The molecule has 0 atom stereocenters. The molecule has 60 valence electrons. The van der Waals surface area contributed by atoms with Crippen LogP contribution in [0.15, 0.2) is 23.6 Å². The zero-order valence-corrected chi connectivity index (χ0v) is 6.25. The maximum Gasteiger partial charge on any atom is 0.288 e. The van der Waals surface area contributed by atoms with Crippen molar-refractivity contribution in [2.24, 2.45) is 5.84 Å². The Morgan fingerprint density at radius 2 is 1.91 bits per heavy atom. The molecule has 0 spiro atoms. The van der Waals surface area contributed by atoms with Gasteiger partial charge in [-0.2, -0.15) is 0 Å². The highest BCUT2D eigenvalue weighted by Crippen LogP contribution is 1.95. The Kier molecular flexibility index (Phi) is 2.13. The Balaban J connectivity index is 3.14. The molecular weight excluding hydrogens is 168 g/mol. The van der Waals surface area contributed by atoms with E-state index in [0.717, 1.165) is 0 Å². The molecule has 1 rings (SSSR count). The molecule has 0 unspecified atom stereocenters. The molecule has 0 amide bonds. The minimum atomic E-state index is -3.69. The first-order valence-corrected chi connectivity index (χ1v) is 4.14. The van der Waals surface area contributed by atoms with Gasteiger partial charge in [-0.3, -0.25) is 5.84 Å². The molecule has 3 N–H and O–H groups in total. The second kappa shape index (κ2) is 2.91. The lowest BCUT2D eigenvalue weighted by atomic mass is 10.7. The van der Waals surface area contributed by atoms with Crippen LogP contribution in [-0.4, -0.2) is 18.4 Å². The van der Waals surface area contributed by atoms with Crippen LogP contribution in [0.4, 0.5) is 0 Å². The molecule has 0 aliphatic carbocycles. The number of hydrazine groups is 1. The molecule has 6 nitrogen and oxygen atoms in total. The molecule has 0 aliphatic heterocycles. The van der Waals surface area contributed by atoms with E-state index in [9.17, 15) is 8.42 Å². The number of nitrogens with two attached hydrogens (primary N) is 1. The van der Waals surface area contributed by atoms with E-state index in [2.05, 4.69) is 9.97 Å². The van der Waals surface area contributed by atoms with Gasteiger partial charge in [0.05, 0.1) is 0 Å². The first kappa shape index (κ1) is 8.05. The minimum absolute atomic E-state index is 0.331. The SMILES string of the molecule is NNS(=O)(=O)c1ncccn1. The molecule has 0 saturated heterocycles. The Bertz CT molecular complexity index is 321. The fourth-order valence-electron chi connectivity index (χ4n) is 0.477. The first-order valence-electron chi connectivity index (χ1n) is 2.66.